The molecule has 13 heteroatoms. The predicted molar refractivity (Wildman–Crippen MR) is 135 cm³/mol. The molecule has 5 N–H and O–H groups in total. The summed E-state index contributed by atoms with van der Waals surface area (Å²) in [6.07, 6.45) is 0.181. The number of aromatic nitrogens is 1. The first-order valence-corrected chi connectivity index (χ1v) is 13.4. The first-order chi connectivity index (χ1) is 17.2. The van der Waals surface area contributed by atoms with Gasteiger partial charge in [-0.25, -0.2) is 24.0 Å². The minimum Gasteiger partial charge on any atom is -0.445 e. The number of anilines is 1. The monoisotopic (exact) mass is 535 g/mol. The quantitative estimate of drug-likeness (QED) is 0.262. The van der Waals surface area contributed by atoms with Gasteiger partial charge >= 0.3 is 6.09 Å². The SMILES string of the molecule is NS(=O)(=O)NCCCCC(NC(=O)OCc1ccc(F)cc1)C(=O)Nc1nc(-c2ccccc2)cs1. The molecular formula is C23H26FN5O5S2. The molecule has 2 aromatic carbocycles. The van der Waals surface area contributed by atoms with Crippen molar-refractivity contribution in [2.24, 2.45) is 5.14 Å². The van der Waals surface area contributed by atoms with Gasteiger partial charge in [-0.1, -0.05) is 42.5 Å². The van der Waals surface area contributed by atoms with Crippen LogP contribution in [0.3, 0.4) is 0 Å². The van der Waals surface area contributed by atoms with Gasteiger partial charge in [0.05, 0.1) is 5.69 Å². The van der Waals surface area contributed by atoms with Crippen molar-refractivity contribution >= 4 is 38.7 Å². The van der Waals surface area contributed by atoms with Gasteiger partial charge in [0, 0.05) is 17.5 Å². The van der Waals surface area contributed by atoms with Gasteiger partial charge in [-0.2, -0.15) is 8.42 Å². The fourth-order valence-electron chi connectivity index (χ4n) is 3.14. The second-order valence-electron chi connectivity index (χ2n) is 7.73. The molecule has 36 heavy (non-hydrogen) atoms. The summed E-state index contributed by atoms with van der Waals surface area (Å²) in [5, 5.41) is 12.3. The van der Waals surface area contributed by atoms with Gasteiger partial charge in [-0.05, 0) is 37.0 Å². The summed E-state index contributed by atoms with van der Waals surface area (Å²) in [5.74, 6) is -0.906. The molecule has 0 aliphatic rings. The highest BCUT2D eigenvalue weighted by atomic mass is 32.2. The number of benzene rings is 2. The number of nitrogens with one attached hydrogen (secondary N) is 3. The third kappa shape index (κ3) is 9.34. The number of alkyl carbamates (subject to hydrolysis) is 1. The molecule has 0 radical (unpaired) electrons. The largest absolute Gasteiger partial charge is 0.445 e. The van der Waals surface area contributed by atoms with E-state index in [2.05, 4.69) is 20.3 Å². The van der Waals surface area contributed by atoms with Crippen molar-refractivity contribution in [3.05, 3.63) is 71.4 Å². The molecular weight excluding hydrogens is 509 g/mol. The van der Waals surface area contributed by atoms with Crippen molar-refractivity contribution < 1.29 is 27.1 Å². The molecule has 1 atom stereocenters. The molecule has 3 rings (SSSR count). The van der Waals surface area contributed by atoms with E-state index in [1.807, 2.05) is 35.7 Å². The number of amides is 2. The van der Waals surface area contributed by atoms with E-state index in [1.54, 1.807) is 0 Å². The van der Waals surface area contributed by atoms with Crippen LogP contribution < -0.4 is 20.5 Å². The minimum absolute atomic E-state index is 0.0924. The highest BCUT2D eigenvalue weighted by molar-refractivity contribution is 7.87. The van der Waals surface area contributed by atoms with E-state index in [9.17, 15) is 22.4 Å². The van der Waals surface area contributed by atoms with Gasteiger partial charge in [0.25, 0.3) is 10.2 Å². The Hall–Kier alpha value is -3.39. The Balaban J connectivity index is 1.59. The van der Waals surface area contributed by atoms with Crippen LogP contribution in [-0.4, -0.2) is 38.0 Å². The molecule has 0 aliphatic carbocycles. The van der Waals surface area contributed by atoms with Crippen molar-refractivity contribution in [1.29, 1.82) is 0 Å². The van der Waals surface area contributed by atoms with Crippen molar-refractivity contribution in [3.63, 3.8) is 0 Å². The summed E-state index contributed by atoms with van der Waals surface area (Å²) in [6.45, 7) is -0.0131. The summed E-state index contributed by atoms with van der Waals surface area (Å²) in [6, 6.07) is 14.0. The Morgan fingerprint density at radius 1 is 1.08 bits per heavy atom. The van der Waals surface area contributed by atoms with Crippen LogP contribution in [0.1, 0.15) is 24.8 Å². The topological polar surface area (TPSA) is 153 Å². The predicted octanol–water partition coefficient (Wildman–Crippen LogP) is 3.15. The number of carbonyl (C=O) groups excluding carboxylic acids is 2. The summed E-state index contributed by atoms with van der Waals surface area (Å²) in [5.41, 5.74) is 2.18. The van der Waals surface area contributed by atoms with E-state index in [-0.39, 0.29) is 19.6 Å². The van der Waals surface area contributed by atoms with Crippen LogP contribution in [0.25, 0.3) is 11.3 Å². The van der Waals surface area contributed by atoms with Crippen molar-refractivity contribution in [2.75, 3.05) is 11.9 Å². The van der Waals surface area contributed by atoms with Crippen molar-refractivity contribution in [3.8, 4) is 11.3 Å². The van der Waals surface area contributed by atoms with Gasteiger partial charge < -0.3 is 15.4 Å². The second kappa shape index (κ2) is 13.1. The highest BCUT2D eigenvalue weighted by Crippen LogP contribution is 2.24. The van der Waals surface area contributed by atoms with Crippen LogP contribution >= 0.6 is 11.3 Å². The summed E-state index contributed by atoms with van der Waals surface area (Å²) >= 11 is 1.24. The van der Waals surface area contributed by atoms with E-state index in [4.69, 9.17) is 9.88 Å². The highest BCUT2D eigenvalue weighted by Gasteiger charge is 2.22. The number of rotatable bonds is 12. The molecule has 192 valence electrons. The number of halogens is 1. The summed E-state index contributed by atoms with van der Waals surface area (Å²) in [4.78, 5) is 29.7. The molecule has 0 bridgehead atoms. The molecule has 1 aromatic heterocycles. The number of nitrogens with two attached hydrogens (primary N) is 1. The first kappa shape index (κ1) is 27.2. The zero-order chi connectivity index (χ0) is 26.0. The van der Waals surface area contributed by atoms with E-state index in [1.165, 1.54) is 35.6 Å². The average molecular weight is 536 g/mol. The molecule has 1 heterocycles. The molecule has 3 aromatic rings. The Morgan fingerprint density at radius 2 is 1.81 bits per heavy atom. The third-order valence-electron chi connectivity index (χ3n) is 4.92. The number of nitrogens with zero attached hydrogens (tertiary/aromatic N) is 1. The third-order valence-corrected chi connectivity index (χ3v) is 6.28. The van der Waals surface area contributed by atoms with Crippen LogP contribution in [0, 0.1) is 5.82 Å². The molecule has 0 saturated carbocycles. The van der Waals surface area contributed by atoms with Gasteiger partial charge in [0.1, 0.15) is 18.5 Å². The average Bonchev–Trinajstić information content (AvgIpc) is 3.31. The lowest BCUT2D eigenvalue weighted by Crippen LogP contribution is -2.44. The number of hydrogen-bond donors (Lipinski definition) is 4. The van der Waals surface area contributed by atoms with Crippen LogP contribution in [0.5, 0.6) is 0 Å². The van der Waals surface area contributed by atoms with Gasteiger partial charge in [0.2, 0.25) is 5.91 Å². The Morgan fingerprint density at radius 3 is 2.50 bits per heavy atom. The molecule has 0 spiro atoms. The Bertz CT molecular complexity index is 1250. The van der Waals surface area contributed by atoms with Crippen LogP contribution in [0.15, 0.2) is 60.0 Å². The second-order valence-corrected chi connectivity index (χ2v) is 9.96. The smallest absolute Gasteiger partial charge is 0.408 e. The standard InChI is InChI=1S/C23H26FN5O5S2/c24-18-11-9-16(10-12-18)14-34-23(31)28-19(8-4-5-13-26-36(25,32)33)21(30)29-22-27-20(15-35-22)17-6-2-1-3-7-17/h1-3,6-7,9-12,15,19,26H,4-5,8,13-14H2,(H,28,31)(H2,25,32,33)(H,27,29,30). The zero-order valence-electron chi connectivity index (χ0n) is 19.1. The maximum Gasteiger partial charge on any atom is 0.408 e. The number of hydrogen-bond acceptors (Lipinski definition) is 7. The molecule has 1 unspecified atom stereocenters. The fourth-order valence-corrected chi connectivity index (χ4v) is 4.29. The minimum atomic E-state index is -3.81. The molecule has 2 amide bonds. The number of thiazole rings is 1. The lowest BCUT2D eigenvalue weighted by atomic mass is 10.1. The maximum absolute atomic E-state index is 13.0. The lowest BCUT2D eigenvalue weighted by molar-refractivity contribution is -0.118. The van der Waals surface area contributed by atoms with Crippen molar-refractivity contribution in [2.45, 2.75) is 31.9 Å². The first-order valence-electron chi connectivity index (χ1n) is 11.0. The Labute approximate surface area is 212 Å². The summed E-state index contributed by atoms with van der Waals surface area (Å²) < 4.78 is 42.4. The normalized spacial score (nSPS) is 12.1. The lowest BCUT2D eigenvalue weighted by Gasteiger charge is -2.17. The van der Waals surface area contributed by atoms with Gasteiger partial charge in [-0.15, -0.1) is 11.3 Å². The zero-order valence-corrected chi connectivity index (χ0v) is 20.8. The van der Waals surface area contributed by atoms with Crippen molar-refractivity contribution in [1.82, 2.24) is 15.0 Å². The molecule has 10 nitrogen and oxygen atoms in total. The molecule has 0 aliphatic heterocycles. The van der Waals surface area contributed by atoms with E-state index < -0.39 is 34.1 Å². The number of unbranched alkanes of at least 4 members (excludes halogenated alkanes) is 1. The Kier molecular flexibility index (Phi) is 9.87. The number of ether oxygens (including phenoxy) is 1. The molecule has 0 fully saturated rings. The van der Waals surface area contributed by atoms with Gasteiger partial charge in [0.15, 0.2) is 5.13 Å². The van der Waals surface area contributed by atoms with E-state index in [0.717, 1.165) is 5.56 Å². The van der Waals surface area contributed by atoms with Crippen LogP contribution in [0.4, 0.5) is 14.3 Å². The van der Waals surface area contributed by atoms with Crippen LogP contribution in [-0.2, 0) is 26.3 Å². The van der Waals surface area contributed by atoms with Gasteiger partial charge in [-0.3, -0.25) is 4.79 Å². The van der Waals surface area contributed by atoms with E-state index in [0.29, 0.717) is 29.2 Å². The van der Waals surface area contributed by atoms with Crippen LogP contribution in [0.2, 0.25) is 0 Å². The van der Waals surface area contributed by atoms with E-state index >= 15 is 0 Å². The maximum atomic E-state index is 13.0. The fraction of sp³-hybridized carbons (Fsp3) is 0.261. The number of carbonyl (C=O) groups is 2. The molecule has 0 saturated heterocycles. The summed E-state index contributed by atoms with van der Waals surface area (Å²) in [7, 11) is -3.81.